The van der Waals surface area contributed by atoms with Crippen molar-refractivity contribution in [2.75, 3.05) is 0 Å². The Kier molecular flexibility index (Phi) is 2.76. The fourth-order valence-corrected chi connectivity index (χ4v) is 1.48. The number of H-pyrrole nitrogens is 1. The molecule has 2 aromatic rings. The van der Waals surface area contributed by atoms with Gasteiger partial charge in [0, 0.05) is 22.3 Å². The second kappa shape index (κ2) is 4.21. The highest BCUT2D eigenvalue weighted by molar-refractivity contribution is 6.30. The van der Waals surface area contributed by atoms with Gasteiger partial charge in [0.25, 0.3) is 0 Å². The zero-order valence-corrected chi connectivity index (χ0v) is 8.95. The monoisotopic (exact) mass is 230 g/mol. The molecule has 0 saturated carbocycles. The first-order chi connectivity index (χ1) is 7.70. The summed E-state index contributed by atoms with van der Waals surface area (Å²) in [6.07, 6.45) is 1.52. The smallest absolute Gasteiger partial charge is 0.194 e. The summed E-state index contributed by atoms with van der Waals surface area (Å²) in [5, 5.41) is 9.22. The Labute approximate surface area is 97.3 Å². The molecular weight excluding hydrogens is 224 g/mol. The first kappa shape index (κ1) is 10.5. The molecule has 78 valence electrons. The second-order valence-corrected chi connectivity index (χ2v) is 3.69. The molecule has 1 heterocycles. The van der Waals surface area contributed by atoms with Crippen LogP contribution in [0.15, 0.2) is 36.5 Å². The quantitative estimate of drug-likeness (QED) is 0.807. The van der Waals surface area contributed by atoms with Crippen LogP contribution in [0.2, 0.25) is 5.02 Å². The van der Waals surface area contributed by atoms with Gasteiger partial charge in [-0.25, -0.2) is 0 Å². The fourth-order valence-electron chi connectivity index (χ4n) is 1.36. The Balaban J connectivity index is 2.32. The largest absolute Gasteiger partial charge is 0.352 e. The van der Waals surface area contributed by atoms with Crippen LogP contribution in [0.25, 0.3) is 0 Å². The van der Waals surface area contributed by atoms with Crippen LogP contribution in [0.4, 0.5) is 0 Å². The van der Waals surface area contributed by atoms with Crippen molar-refractivity contribution in [3.8, 4) is 6.07 Å². The average Bonchev–Trinajstić information content (AvgIpc) is 2.77. The summed E-state index contributed by atoms with van der Waals surface area (Å²) in [7, 11) is 0. The summed E-state index contributed by atoms with van der Waals surface area (Å²) in [5.41, 5.74) is 1.39. The maximum absolute atomic E-state index is 11.9. The van der Waals surface area contributed by atoms with Crippen LogP contribution >= 0.6 is 11.6 Å². The predicted octanol–water partition coefficient (Wildman–Crippen LogP) is 2.77. The molecule has 1 aromatic carbocycles. The van der Waals surface area contributed by atoms with Crippen molar-refractivity contribution in [2.45, 2.75) is 0 Å². The standard InChI is InChI=1S/C12H7ClN2O/c13-10-3-1-8(2-4-10)12(16)9-5-11(6-14)15-7-9/h1-5,7,15H. The topological polar surface area (TPSA) is 56.6 Å². The third-order valence-electron chi connectivity index (χ3n) is 2.17. The lowest BCUT2D eigenvalue weighted by Gasteiger charge is -1.97. The van der Waals surface area contributed by atoms with Crippen molar-refractivity contribution in [1.82, 2.24) is 4.98 Å². The number of carbonyl (C=O) groups excluding carboxylic acids is 1. The van der Waals surface area contributed by atoms with E-state index in [1.807, 2.05) is 6.07 Å². The molecule has 4 heteroatoms. The maximum Gasteiger partial charge on any atom is 0.194 e. The highest BCUT2D eigenvalue weighted by Gasteiger charge is 2.10. The van der Waals surface area contributed by atoms with Crippen LogP contribution in [0, 0.1) is 11.3 Å². The number of ketones is 1. The number of nitrogens with one attached hydrogen (secondary N) is 1. The number of rotatable bonds is 2. The van der Waals surface area contributed by atoms with E-state index in [2.05, 4.69) is 4.98 Å². The van der Waals surface area contributed by atoms with Gasteiger partial charge in [-0.15, -0.1) is 0 Å². The third kappa shape index (κ3) is 1.97. The van der Waals surface area contributed by atoms with Crippen LogP contribution in [0.1, 0.15) is 21.6 Å². The Morgan fingerprint density at radius 1 is 1.25 bits per heavy atom. The number of hydrogen-bond donors (Lipinski definition) is 1. The van der Waals surface area contributed by atoms with Crippen LogP contribution in [0.3, 0.4) is 0 Å². The highest BCUT2D eigenvalue weighted by Crippen LogP contribution is 2.14. The van der Waals surface area contributed by atoms with E-state index in [9.17, 15) is 4.79 Å². The summed E-state index contributed by atoms with van der Waals surface area (Å²) in [4.78, 5) is 14.6. The van der Waals surface area contributed by atoms with Gasteiger partial charge < -0.3 is 4.98 Å². The molecule has 0 atom stereocenters. The average molecular weight is 231 g/mol. The molecule has 1 aromatic heterocycles. The van der Waals surface area contributed by atoms with Gasteiger partial charge in [-0.1, -0.05) is 11.6 Å². The van der Waals surface area contributed by atoms with E-state index in [0.717, 1.165) is 0 Å². The predicted molar refractivity (Wildman–Crippen MR) is 60.4 cm³/mol. The molecule has 0 radical (unpaired) electrons. The Bertz CT molecular complexity index is 563. The molecule has 0 fully saturated rings. The molecule has 0 aliphatic heterocycles. The number of aromatic amines is 1. The van der Waals surface area contributed by atoms with Gasteiger partial charge >= 0.3 is 0 Å². The first-order valence-electron chi connectivity index (χ1n) is 4.59. The number of carbonyl (C=O) groups is 1. The molecule has 0 spiro atoms. The molecule has 0 bridgehead atoms. The summed E-state index contributed by atoms with van der Waals surface area (Å²) in [5.74, 6) is -0.130. The molecule has 16 heavy (non-hydrogen) atoms. The molecule has 2 rings (SSSR count). The molecule has 0 unspecified atom stereocenters. The van der Waals surface area contributed by atoms with Crippen LogP contribution in [0.5, 0.6) is 0 Å². The zero-order chi connectivity index (χ0) is 11.5. The molecule has 1 N–H and O–H groups in total. The van der Waals surface area contributed by atoms with Crippen molar-refractivity contribution >= 4 is 17.4 Å². The molecule has 0 amide bonds. The number of aromatic nitrogens is 1. The summed E-state index contributed by atoms with van der Waals surface area (Å²) in [6.45, 7) is 0. The fraction of sp³-hybridized carbons (Fsp3) is 0. The summed E-state index contributed by atoms with van der Waals surface area (Å²) < 4.78 is 0. The Hall–Kier alpha value is -2.05. The van der Waals surface area contributed by atoms with Crippen molar-refractivity contribution in [1.29, 1.82) is 5.26 Å². The summed E-state index contributed by atoms with van der Waals surface area (Å²) in [6, 6.07) is 10.1. The van der Waals surface area contributed by atoms with E-state index in [0.29, 0.717) is 21.8 Å². The van der Waals surface area contributed by atoms with E-state index in [-0.39, 0.29) is 5.78 Å². The number of benzene rings is 1. The molecule has 3 nitrogen and oxygen atoms in total. The van der Waals surface area contributed by atoms with E-state index < -0.39 is 0 Å². The SMILES string of the molecule is N#Cc1cc(C(=O)c2ccc(Cl)cc2)c[nH]1. The van der Waals surface area contributed by atoms with E-state index in [1.165, 1.54) is 12.3 Å². The number of nitrogens with zero attached hydrogens (tertiary/aromatic N) is 1. The minimum Gasteiger partial charge on any atom is -0.352 e. The number of halogens is 1. The lowest BCUT2D eigenvalue weighted by molar-refractivity contribution is 0.103. The van der Waals surface area contributed by atoms with Gasteiger partial charge in [0.1, 0.15) is 11.8 Å². The van der Waals surface area contributed by atoms with E-state index in [1.54, 1.807) is 24.3 Å². The highest BCUT2D eigenvalue weighted by atomic mass is 35.5. The van der Waals surface area contributed by atoms with Gasteiger partial charge in [-0.05, 0) is 30.3 Å². The number of hydrogen-bond acceptors (Lipinski definition) is 2. The Morgan fingerprint density at radius 3 is 2.50 bits per heavy atom. The third-order valence-corrected chi connectivity index (χ3v) is 2.42. The normalized spacial score (nSPS) is 9.75. The second-order valence-electron chi connectivity index (χ2n) is 3.25. The van der Waals surface area contributed by atoms with Crippen LogP contribution in [-0.2, 0) is 0 Å². The zero-order valence-electron chi connectivity index (χ0n) is 8.20. The van der Waals surface area contributed by atoms with Crippen molar-refractivity contribution < 1.29 is 4.79 Å². The van der Waals surface area contributed by atoms with E-state index in [4.69, 9.17) is 16.9 Å². The Morgan fingerprint density at radius 2 is 1.94 bits per heavy atom. The van der Waals surface area contributed by atoms with Crippen molar-refractivity contribution in [3.63, 3.8) is 0 Å². The number of nitriles is 1. The minimum absolute atomic E-state index is 0.130. The minimum atomic E-state index is -0.130. The molecule has 0 saturated heterocycles. The molecule has 0 aliphatic rings. The summed E-state index contributed by atoms with van der Waals surface area (Å²) >= 11 is 5.73. The lowest BCUT2D eigenvalue weighted by atomic mass is 10.1. The first-order valence-corrected chi connectivity index (χ1v) is 4.97. The van der Waals surface area contributed by atoms with E-state index >= 15 is 0 Å². The lowest BCUT2D eigenvalue weighted by Crippen LogP contribution is -1.98. The molecular formula is C12H7ClN2O. The van der Waals surface area contributed by atoms with Crippen LogP contribution in [-0.4, -0.2) is 10.8 Å². The van der Waals surface area contributed by atoms with Gasteiger partial charge in [-0.2, -0.15) is 5.26 Å². The van der Waals surface area contributed by atoms with Gasteiger partial charge in [0.2, 0.25) is 0 Å². The van der Waals surface area contributed by atoms with Gasteiger partial charge in [-0.3, -0.25) is 4.79 Å². The van der Waals surface area contributed by atoms with Crippen LogP contribution < -0.4 is 0 Å². The molecule has 0 aliphatic carbocycles. The van der Waals surface area contributed by atoms with Gasteiger partial charge in [0.05, 0.1) is 0 Å². The van der Waals surface area contributed by atoms with Gasteiger partial charge in [0.15, 0.2) is 5.78 Å². The van der Waals surface area contributed by atoms with Crippen molar-refractivity contribution in [3.05, 3.63) is 58.4 Å². The maximum atomic E-state index is 11.9. The van der Waals surface area contributed by atoms with Crippen molar-refractivity contribution in [2.24, 2.45) is 0 Å².